The van der Waals surface area contributed by atoms with Gasteiger partial charge in [-0.2, -0.15) is 0 Å². The fourth-order valence-electron chi connectivity index (χ4n) is 4.29. The molecule has 3 heteroatoms. The van der Waals surface area contributed by atoms with Crippen molar-refractivity contribution < 1.29 is 4.74 Å². The molecule has 0 radical (unpaired) electrons. The second kappa shape index (κ2) is 7.43. The van der Waals surface area contributed by atoms with Crippen molar-refractivity contribution in [2.45, 2.75) is 76.4 Å². The van der Waals surface area contributed by atoms with Crippen molar-refractivity contribution in [3.05, 3.63) is 0 Å². The third kappa shape index (κ3) is 4.94. The molecule has 3 aliphatic rings. The molecule has 3 rings (SSSR count). The summed E-state index contributed by atoms with van der Waals surface area (Å²) in [5.41, 5.74) is 0.520. The molecule has 0 aromatic heterocycles. The minimum Gasteiger partial charge on any atom is -0.377 e. The molecule has 0 bridgehead atoms. The highest BCUT2D eigenvalue weighted by molar-refractivity contribution is 4.91. The Bertz CT molecular complexity index is 302. The molecule has 2 aliphatic carbocycles. The van der Waals surface area contributed by atoms with Gasteiger partial charge >= 0.3 is 0 Å². The molecular formula is C18H34N2O. The average Bonchev–Trinajstić information content (AvgIpc) is 3.21. The highest BCUT2D eigenvalue weighted by atomic mass is 16.5. The zero-order chi connectivity index (χ0) is 14.5. The van der Waals surface area contributed by atoms with Crippen LogP contribution in [-0.4, -0.2) is 50.3 Å². The molecule has 0 aromatic carbocycles. The van der Waals surface area contributed by atoms with Gasteiger partial charge < -0.3 is 15.0 Å². The van der Waals surface area contributed by atoms with Crippen LogP contribution in [0.4, 0.5) is 0 Å². The maximum atomic E-state index is 5.82. The van der Waals surface area contributed by atoms with Crippen molar-refractivity contribution in [2.75, 3.05) is 33.3 Å². The zero-order valence-corrected chi connectivity index (χ0v) is 13.9. The van der Waals surface area contributed by atoms with Crippen LogP contribution in [0, 0.1) is 5.41 Å². The van der Waals surface area contributed by atoms with Crippen molar-refractivity contribution in [3.63, 3.8) is 0 Å². The fourth-order valence-corrected chi connectivity index (χ4v) is 4.29. The summed E-state index contributed by atoms with van der Waals surface area (Å²) in [4.78, 5) is 2.57. The van der Waals surface area contributed by atoms with E-state index in [0.29, 0.717) is 11.5 Å². The lowest BCUT2D eigenvalue weighted by Crippen LogP contribution is -2.45. The molecule has 2 saturated carbocycles. The summed E-state index contributed by atoms with van der Waals surface area (Å²) in [6.45, 7) is 4.61. The number of hydrogen-bond acceptors (Lipinski definition) is 3. The van der Waals surface area contributed by atoms with E-state index in [2.05, 4.69) is 17.3 Å². The van der Waals surface area contributed by atoms with Crippen molar-refractivity contribution in [3.8, 4) is 0 Å². The first-order chi connectivity index (χ1) is 10.3. The maximum absolute atomic E-state index is 5.82. The van der Waals surface area contributed by atoms with Gasteiger partial charge in [-0.05, 0) is 51.0 Å². The van der Waals surface area contributed by atoms with Gasteiger partial charge in [-0.1, -0.05) is 25.7 Å². The minimum atomic E-state index is 0.495. The van der Waals surface area contributed by atoms with E-state index in [-0.39, 0.29) is 0 Å². The molecule has 0 amide bonds. The van der Waals surface area contributed by atoms with Crippen LogP contribution in [0.2, 0.25) is 0 Å². The van der Waals surface area contributed by atoms with Crippen LogP contribution in [0.3, 0.4) is 0 Å². The second-order valence-corrected chi connectivity index (χ2v) is 7.90. The van der Waals surface area contributed by atoms with Crippen LogP contribution < -0.4 is 5.32 Å². The standard InChI is InChI=1S/C18H34N2O/c1-20(13-17-7-6-12-21-17)15-18(14-19-16-8-9-16)10-4-2-3-5-11-18/h16-17,19H,2-15H2,1H3. The van der Waals surface area contributed by atoms with Gasteiger partial charge in [0.15, 0.2) is 0 Å². The van der Waals surface area contributed by atoms with Crippen LogP contribution >= 0.6 is 0 Å². The van der Waals surface area contributed by atoms with Crippen LogP contribution in [-0.2, 0) is 4.74 Å². The van der Waals surface area contributed by atoms with E-state index in [1.165, 1.54) is 77.3 Å². The van der Waals surface area contributed by atoms with E-state index in [9.17, 15) is 0 Å². The van der Waals surface area contributed by atoms with Gasteiger partial charge in [0.25, 0.3) is 0 Å². The molecule has 3 nitrogen and oxygen atoms in total. The molecule has 0 spiro atoms. The largest absolute Gasteiger partial charge is 0.377 e. The van der Waals surface area contributed by atoms with Crippen molar-refractivity contribution >= 4 is 0 Å². The topological polar surface area (TPSA) is 24.5 Å². The van der Waals surface area contributed by atoms with Gasteiger partial charge in [0.05, 0.1) is 6.10 Å². The van der Waals surface area contributed by atoms with Crippen LogP contribution in [0.5, 0.6) is 0 Å². The summed E-state index contributed by atoms with van der Waals surface area (Å²) in [5, 5.41) is 3.84. The Morgan fingerprint density at radius 1 is 1.05 bits per heavy atom. The Balaban J connectivity index is 1.53. The first kappa shape index (κ1) is 15.8. The molecule has 0 aromatic rings. The van der Waals surface area contributed by atoms with E-state index < -0.39 is 0 Å². The number of rotatable bonds is 7. The first-order valence-corrected chi connectivity index (χ1v) is 9.29. The number of nitrogens with one attached hydrogen (secondary N) is 1. The van der Waals surface area contributed by atoms with E-state index in [1.54, 1.807) is 0 Å². The number of ether oxygens (including phenoxy) is 1. The number of nitrogens with zero attached hydrogens (tertiary/aromatic N) is 1. The maximum Gasteiger partial charge on any atom is 0.0702 e. The number of likely N-dealkylation sites (N-methyl/N-ethyl adjacent to an activating group) is 1. The summed E-state index contributed by atoms with van der Waals surface area (Å²) in [7, 11) is 2.31. The van der Waals surface area contributed by atoms with Gasteiger partial charge in [-0.15, -0.1) is 0 Å². The molecular weight excluding hydrogens is 260 g/mol. The van der Waals surface area contributed by atoms with E-state index in [4.69, 9.17) is 4.74 Å². The summed E-state index contributed by atoms with van der Waals surface area (Å²) in [6.07, 6.45) is 14.4. The van der Waals surface area contributed by atoms with Gasteiger partial charge in [0, 0.05) is 32.3 Å². The average molecular weight is 294 g/mol. The Labute approximate surface area is 130 Å². The molecule has 1 unspecified atom stereocenters. The normalized spacial score (nSPS) is 29.7. The molecule has 1 heterocycles. The number of hydrogen-bond donors (Lipinski definition) is 1. The molecule has 1 atom stereocenters. The predicted octanol–water partition coefficient (Wildman–Crippen LogP) is 3.19. The van der Waals surface area contributed by atoms with Crippen LogP contribution in [0.25, 0.3) is 0 Å². The fraction of sp³-hybridized carbons (Fsp3) is 1.00. The summed E-state index contributed by atoms with van der Waals surface area (Å²) in [6, 6.07) is 0.841. The van der Waals surface area contributed by atoms with E-state index >= 15 is 0 Å². The summed E-state index contributed by atoms with van der Waals surface area (Å²) < 4.78 is 5.82. The third-order valence-electron chi connectivity index (χ3n) is 5.65. The van der Waals surface area contributed by atoms with Gasteiger partial charge in [0.1, 0.15) is 0 Å². The molecule has 122 valence electrons. The Kier molecular flexibility index (Phi) is 5.58. The Morgan fingerprint density at radius 2 is 1.81 bits per heavy atom. The Morgan fingerprint density at radius 3 is 2.43 bits per heavy atom. The van der Waals surface area contributed by atoms with Gasteiger partial charge in [0.2, 0.25) is 0 Å². The van der Waals surface area contributed by atoms with Gasteiger partial charge in [-0.3, -0.25) is 0 Å². The van der Waals surface area contributed by atoms with Crippen molar-refractivity contribution in [1.82, 2.24) is 10.2 Å². The second-order valence-electron chi connectivity index (χ2n) is 7.90. The SMILES string of the molecule is CN(CC1CCCO1)CC1(CNC2CC2)CCCCCC1. The van der Waals surface area contributed by atoms with Crippen LogP contribution in [0.1, 0.15) is 64.2 Å². The highest BCUT2D eigenvalue weighted by Crippen LogP contribution is 2.36. The van der Waals surface area contributed by atoms with Crippen molar-refractivity contribution in [1.29, 1.82) is 0 Å². The quantitative estimate of drug-likeness (QED) is 0.730. The minimum absolute atomic E-state index is 0.495. The lowest BCUT2D eigenvalue weighted by atomic mass is 9.79. The zero-order valence-electron chi connectivity index (χ0n) is 13.9. The first-order valence-electron chi connectivity index (χ1n) is 9.29. The lowest BCUT2D eigenvalue weighted by molar-refractivity contribution is 0.0602. The predicted molar refractivity (Wildman–Crippen MR) is 87.6 cm³/mol. The third-order valence-corrected chi connectivity index (χ3v) is 5.65. The monoisotopic (exact) mass is 294 g/mol. The molecule has 1 aliphatic heterocycles. The lowest BCUT2D eigenvalue weighted by Gasteiger charge is -2.37. The summed E-state index contributed by atoms with van der Waals surface area (Å²) >= 11 is 0. The highest BCUT2D eigenvalue weighted by Gasteiger charge is 2.34. The van der Waals surface area contributed by atoms with Gasteiger partial charge in [-0.25, -0.2) is 0 Å². The molecule has 21 heavy (non-hydrogen) atoms. The molecule has 3 fully saturated rings. The molecule has 1 saturated heterocycles. The van der Waals surface area contributed by atoms with Crippen LogP contribution in [0.15, 0.2) is 0 Å². The van der Waals surface area contributed by atoms with E-state index in [0.717, 1.165) is 19.2 Å². The summed E-state index contributed by atoms with van der Waals surface area (Å²) in [5.74, 6) is 0. The molecule has 1 N–H and O–H groups in total. The van der Waals surface area contributed by atoms with E-state index in [1.807, 2.05) is 0 Å². The smallest absolute Gasteiger partial charge is 0.0702 e. The van der Waals surface area contributed by atoms with Crippen molar-refractivity contribution in [2.24, 2.45) is 5.41 Å². The Hall–Kier alpha value is -0.120.